The van der Waals surface area contributed by atoms with Crippen molar-refractivity contribution in [1.82, 2.24) is 4.98 Å². The number of thiophene rings is 1. The van der Waals surface area contributed by atoms with Gasteiger partial charge in [-0.05, 0) is 46.4 Å². The van der Waals surface area contributed by atoms with Crippen LogP contribution in [0.2, 0.25) is 0 Å². The molecule has 2 aromatic heterocycles. The number of hydrogen-bond acceptors (Lipinski definition) is 3. The van der Waals surface area contributed by atoms with Crippen molar-refractivity contribution < 1.29 is 0 Å². The fraction of sp³-hybridized carbons (Fsp3) is 0.250. The van der Waals surface area contributed by atoms with Crippen LogP contribution < -0.4 is 4.90 Å². The molecular formula is C12H13BrN2S. The maximum absolute atomic E-state index is 4.39. The van der Waals surface area contributed by atoms with Crippen LogP contribution in [-0.4, -0.2) is 12.0 Å². The molecule has 2 rings (SSSR count). The van der Waals surface area contributed by atoms with E-state index >= 15 is 0 Å². The Labute approximate surface area is 108 Å². The smallest absolute Gasteiger partial charge is 0.128 e. The predicted molar refractivity (Wildman–Crippen MR) is 73.1 cm³/mol. The molecule has 2 nitrogen and oxygen atoms in total. The summed E-state index contributed by atoms with van der Waals surface area (Å²) in [6.45, 7) is 2.19. The van der Waals surface area contributed by atoms with Gasteiger partial charge in [0, 0.05) is 22.6 Å². The molecular weight excluding hydrogens is 284 g/mol. The van der Waals surface area contributed by atoms with E-state index in [1.807, 2.05) is 18.3 Å². The molecule has 0 saturated carbocycles. The third kappa shape index (κ3) is 2.44. The van der Waals surface area contributed by atoms with Gasteiger partial charge in [0.05, 0.1) is 6.04 Å². The molecule has 0 fully saturated rings. The Kier molecular flexibility index (Phi) is 3.61. The molecule has 0 aromatic carbocycles. The molecule has 2 aromatic rings. The van der Waals surface area contributed by atoms with Crippen LogP contribution in [-0.2, 0) is 0 Å². The molecule has 4 heteroatoms. The lowest BCUT2D eigenvalue weighted by Crippen LogP contribution is -2.21. The Balaban J connectivity index is 2.19. The molecule has 0 aliphatic carbocycles. The van der Waals surface area contributed by atoms with Crippen LogP contribution in [0, 0.1) is 0 Å². The van der Waals surface area contributed by atoms with Crippen molar-refractivity contribution in [2.24, 2.45) is 0 Å². The number of pyridine rings is 1. The third-order valence-electron chi connectivity index (χ3n) is 2.61. The molecule has 1 atom stereocenters. The maximum Gasteiger partial charge on any atom is 0.128 e. The molecule has 0 amide bonds. The van der Waals surface area contributed by atoms with Gasteiger partial charge in [-0.1, -0.05) is 6.07 Å². The van der Waals surface area contributed by atoms with Crippen LogP contribution in [0.1, 0.15) is 17.8 Å². The van der Waals surface area contributed by atoms with Gasteiger partial charge >= 0.3 is 0 Å². The van der Waals surface area contributed by atoms with Crippen molar-refractivity contribution >= 4 is 33.1 Å². The summed E-state index contributed by atoms with van der Waals surface area (Å²) in [5, 5.41) is 2.11. The zero-order chi connectivity index (χ0) is 11.5. The van der Waals surface area contributed by atoms with Gasteiger partial charge in [-0.15, -0.1) is 11.3 Å². The van der Waals surface area contributed by atoms with E-state index in [4.69, 9.17) is 0 Å². The quantitative estimate of drug-likeness (QED) is 0.848. The van der Waals surface area contributed by atoms with Gasteiger partial charge in [0.25, 0.3) is 0 Å². The highest BCUT2D eigenvalue weighted by Crippen LogP contribution is 2.27. The summed E-state index contributed by atoms with van der Waals surface area (Å²) in [5.74, 6) is 0.990. The van der Waals surface area contributed by atoms with E-state index in [0.717, 1.165) is 10.3 Å². The molecule has 0 aliphatic heterocycles. The summed E-state index contributed by atoms with van der Waals surface area (Å²) < 4.78 is 1.01. The molecule has 16 heavy (non-hydrogen) atoms. The number of rotatable bonds is 3. The van der Waals surface area contributed by atoms with Gasteiger partial charge in [0.1, 0.15) is 5.82 Å². The van der Waals surface area contributed by atoms with Crippen LogP contribution in [0.3, 0.4) is 0 Å². The first-order valence-corrected chi connectivity index (χ1v) is 6.73. The molecule has 0 saturated heterocycles. The van der Waals surface area contributed by atoms with Crippen molar-refractivity contribution in [3.63, 3.8) is 0 Å². The molecule has 0 aliphatic rings. The highest BCUT2D eigenvalue weighted by Gasteiger charge is 2.13. The Morgan fingerprint density at radius 1 is 1.38 bits per heavy atom. The average molecular weight is 297 g/mol. The van der Waals surface area contributed by atoms with Gasteiger partial charge in [-0.2, -0.15) is 0 Å². The van der Waals surface area contributed by atoms with Crippen LogP contribution in [0.25, 0.3) is 0 Å². The van der Waals surface area contributed by atoms with Crippen molar-refractivity contribution in [1.29, 1.82) is 0 Å². The SMILES string of the molecule is CC(c1cccs1)N(C)c1ccc(Br)cn1. The largest absolute Gasteiger partial charge is 0.352 e. The molecule has 0 N–H and O–H groups in total. The molecule has 0 radical (unpaired) electrons. The van der Waals surface area contributed by atoms with Gasteiger partial charge in [0.2, 0.25) is 0 Å². The topological polar surface area (TPSA) is 16.1 Å². The second-order valence-corrected chi connectivity index (χ2v) is 5.53. The minimum atomic E-state index is 0.355. The zero-order valence-electron chi connectivity index (χ0n) is 9.22. The lowest BCUT2D eigenvalue weighted by molar-refractivity contribution is 0.742. The fourth-order valence-corrected chi connectivity index (χ4v) is 2.56. The third-order valence-corrected chi connectivity index (χ3v) is 4.12. The van der Waals surface area contributed by atoms with Crippen LogP contribution in [0.5, 0.6) is 0 Å². The van der Waals surface area contributed by atoms with Crippen LogP contribution >= 0.6 is 27.3 Å². The van der Waals surface area contributed by atoms with E-state index in [2.05, 4.69) is 57.3 Å². The standard InChI is InChI=1S/C12H13BrN2S/c1-9(11-4-3-7-16-11)15(2)12-6-5-10(13)8-14-12/h3-9H,1-2H3. The average Bonchev–Trinajstić information content (AvgIpc) is 2.81. The lowest BCUT2D eigenvalue weighted by Gasteiger charge is -2.25. The summed E-state index contributed by atoms with van der Waals surface area (Å²) in [6.07, 6.45) is 1.83. The van der Waals surface area contributed by atoms with E-state index in [0.29, 0.717) is 6.04 Å². The molecule has 1 unspecified atom stereocenters. The van der Waals surface area contributed by atoms with Gasteiger partial charge in [-0.25, -0.2) is 4.98 Å². The first-order valence-electron chi connectivity index (χ1n) is 5.06. The summed E-state index contributed by atoms with van der Waals surface area (Å²) in [5.41, 5.74) is 0. The Morgan fingerprint density at radius 2 is 2.19 bits per heavy atom. The van der Waals surface area contributed by atoms with Crippen LogP contribution in [0.4, 0.5) is 5.82 Å². The lowest BCUT2D eigenvalue weighted by atomic mass is 10.2. The second-order valence-electron chi connectivity index (χ2n) is 3.64. The number of nitrogens with zero attached hydrogens (tertiary/aromatic N) is 2. The van der Waals surface area contributed by atoms with Crippen LogP contribution in [0.15, 0.2) is 40.3 Å². The molecule has 0 spiro atoms. The molecule has 0 bridgehead atoms. The zero-order valence-corrected chi connectivity index (χ0v) is 11.6. The Hall–Kier alpha value is -0.870. The monoisotopic (exact) mass is 296 g/mol. The van der Waals surface area contributed by atoms with Crippen molar-refractivity contribution in [3.05, 3.63) is 45.2 Å². The minimum absolute atomic E-state index is 0.355. The predicted octanol–water partition coefficient (Wildman–Crippen LogP) is 4.10. The highest BCUT2D eigenvalue weighted by atomic mass is 79.9. The van der Waals surface area contributed by atoms with E-state index in [1.54, 1.807) is 11.3 Å². The molecule has 84 valence electrons. The minimum Gasteiger partial charge on any atom is -0.352 e. The van der Waals surface area contributed by atoms with Gasteiger partial charge in [0.15, 0.2) is 0 Å². The van der Waals surface area contributed by atoms with Gasteiger partial charge < -0.3 is 4.90 Å². The summed E-state index contributed by atoms with van der Waals surface area (Å²) >= 11 is 5.17. The normalized spacial score (nSPS) is 12.4. The highest BCUT2D eigenvalue weighted by molar-refractivity contribution is 9.10. The van der Waals surface area contributed by atoms with E-state index in [1.165, 1.54) is 4.88 Å². The summed E-state index contributed by atoms with van der Waals surface area (Å²) in [4.78, 5) is 7.93. The number of anilines is 1. The second kappa shape index (κ2) is 4.97. The summed E-state index contributed by atoms with van der Waals surface area (Å²) in [7, 11) is 2.07. The summed E-state index contributed by atoms with van der Waals surface area (Å²) in [6, 6.07) is 8.63. The van der Waals surface area contributed by atoms with E-state index < -0.39 is 0 Å². The van der Waals surface area contributed by atoms with E-state index in [9.17, 15) is 0 Å². The number of hydrogen-bond donors (Lipinski definition) is 0. The first kappa shape index (κ1) is 11.6. The van der Waals surface area contributed by atoms with Crippen molar-refractivity contribution in [3.8, 4) is 0 Å². The maximum atomic E-state index is 4.39. The number of aromatic nitrogens is 1. The first-order chi connectivity index (χ1) is 7.68. The van der Waals surface area contributed by atoms with E-state index in [-0.39, 0.29) is 0 Å². The fourth-order valence-electron chi connectivity index (χ4n) is 1.49. The van der Waals surface area contributed by atoms with Crippen molar-refractivity contribution in [2.45, 2.75) is 13.0 Å². The Bertz CT molecular complexity index is 439. The van der Waals surface area contributed by atoms with Crippen molar-refractivity contribution in [2.75, 3.05) is 11.9 Å². The number of halogens is 1. The Morgan fingerprint density at radius 3 is 2.75 bits per heavy atom. The van der Waals surface area contributed by atoms with Gasteiger partial charge in [-0.3, -0.25) is 0 Å². The molecule has 2 heterocycles.